The monoisotopic (exact) mass is 255 g/mol. The molecule has 0 bridgehead atoms. The molecule has 1 heterocycles. The Balaban J connectivity index is 1.95. The maximum absolute atomic E-state index is 11.1. The zero-order chi connectivity index (χ0) is 13.2. The third kappa shape index (κ3) is 2.15. The molecule has 0 amide bonds. The molecule has 3 rings (SSSR count). The second-order valence-electron chi connectivity index (χ2n) is 4.43. The van der Waals surface area contributed by atoms with E-state index in [1.807, 2.05) is 30.3 Å². The van der Waals surface area contributed by atoms with Crippen molar-refractivity contribution in [2.75, 3.05) is 5.32 Å². The van der Waals surface area contributed by atoms with Crippen LogP contribution in [0.4, 0.5) is 11.4 Å². The van der Waals surface area contributed by atoms with Gasteiger partial charge in [0.05, 0.1) is 10.5 Å². The molecule has 1 atom stereocenters. The summed E-state index contributed by atoms with van der Waals surface area (Å²) in [5, 5.41) is 17.6. The van der Waals surface area contributed by atoms with Crippen molar-refractivity contribution in [2.24, 2.45) is 0 Å². The molecule has 0 spiro atoms. The summed E-state index contributed by atoms with van der Waals surface area (Å²) in [7, 11) is 0. The topological polar surface area (TPSA) is 67.2 Å². The van der Waals surface area contributed by atoms with Gasteiger partial charge in [0.25, 0.3) is 5.69 Å². The number of rotatable bonds is 2. The molecular formula is C14H13N3O2. The van der Waals surface area contributed by atoms with Gasteiger partial charge in [-0.2, -0.15) is 0 Å². The van der Waals surface area contributed by atoms with Crippen LogP contribution in [0.2, 0.25) is 0 Å². The number of nitro groups is 1. The summed E-state index contributed by atoms with van der Waals surface area (Å²) < 4.78 is 0. The summed E-state index contributed by atoms with van der Waals surface area (Å²) >= 11 is 0. The maximum Gasteiger partial charge on any atom is 0.276 e. The number of nitrogens with one attached hydrogen (secondary N) is 2. The van der Waals surface area contributed by atoms with Gasteiger partial charge in [-0.25, -0.2) is 0 Å². The molecule has 5 heteroatoms. The van der Waals surface area contributed by atoms with Gasteiger partial charge in [-0.3, -0.25) is 15.4 Å². The summed E-state index contributed by atoms with van der Waals surface area (Å²) in [4.78, 5) is 10.7. The average Bonchev–Trinajstić information content (AvgIpc) is 2.46. The van der Waals surface area contributed by atoms with Gasteiger partial charge in [0.1, 0.15) is 6.17 Å². The normalized spacial score (nSPS) is 17.4. The molecule has 5 nitrogen and oxygen atoms in total. The van der Waals surface area contributed by atoms with Gasteiger partial charge >= 0.3 is 0 Å². The van der Waals surface area contributed by atoms with Crippen LogP contribution in [0.5, 0.6) is 0 Å². The number of para-hydroxylation sites is 2. The fraction of sp³-hybridized carbons (Fsp3) is 0.143. The van der Waals surface area contributed by atoms with E-state index >= 15 is 0 Å². The standard InChI is InChI=1S/C14H13N3O2/c18-17(19)13-8-4-2-6-11(13)14-15-9-10-5-1-3-7-12(10)16-14/h1-8,14-16H,9H2/t14-/m0/s1. The number of benzene rings is 2. The van der Waals surface area contributed by atoms with E-state index in [1.165, 1.54) is 6.07 Å². The van der Waals surface area contributed by atoms with Crippen LogP contribution in [0.25, 0.3) is 0 Å². The number of hydrogen-bond donors (Lipinski definition) is 2. The molecule has 19 heavy (non-hydrogen) atoms. The first-order chi connectivity index (χ1) is 9.25. The lowest BCUT2D eigenvalue weighted by molar-refractivity contribution is -0.385. The zero-order valence-electron chi connectivity index (χ0n) is 10.2. The van der Waals surface area contributed by atoms with Crippen LogP contribution >= 0.6 is 0 Å². The molecule has 96 valence electrons. The van der Waals surface area contributed by atoms with E-state index in [9.17, 15) is 10.1 Å². The Bertz CT molecular complexity index is 628. The minimum atomic E-state index is -0.348. The van der Waals surface area contributed by atoms with Crippen LogP contribution in [0.3, 0.4) is 0 Å². The van der Waals surface area contributed by atoms with E-state index in [0.29, 0.717) is 12.1 Å². The molecule has 1 aliphatic heterocycles. The van der Waals surface area contributed by atoms with Crippen LogP contribution in [0.15, 0.2) is 48.5 Å². The van der Waals surface area contributed by atoms with Gasteiger partial charge in [-0.1, -0.05) is 30.3 Å². The summed E-state index contributed by atoms with van der Waals surface area (Å²) in [6, 6.07) is 14.7. The summed E-state index contributed by atoms with van der Waals surface area (Å²) in [6.45, 7) is 0.694. The van der Waals surface area contributed by atoms with E-state index in [0.717, 1.165) is 11.3 Å². The van der Waals surface area contributed by atoms with E-state index in [2.05, 4.69) is 10.6 Å². The first kappa shape index (κ1) is 11.7. The van der Waals surface area contributed by atoms with E-state index in [1.54, 1.807) is 12.1 Å². The molecule has 0 unspecified atom stereocenters. The zero-order valence-corrected chi connectivity index (χ0v) is 10.2. The molecular weight excluding hydrogens is 242 g/mol. The molecule has 2 aromatic rings. The van der Waals surface area contributed by atoms with Crippen LogP contribution in [0.1, 0.15) is 17.3 Å². The summed E-state index contributed by atoms with van der Waals surface area (Å²) in [6.07, 6.45) is -0.239. The van der Waals surface area contributed by atoms with Gasteiger partial charge in [0, 0.05) is 18.3 Å². The van der Waals surface area contributed by atoms with Gasteiger partial charge in [-0.05, 0) is 17.7 Å². The first-order valence-electron chi connectivity index (χ1n) is 6.07. The molecule has 0 fully saturated rings. The van der Waals surface area contributed by atoms with Crippen LogP contribution < -0.4 is 10.6 Å². The lowest BCUT2D eigenvalue weighted by Crippen LogP contribution is -2.32. The van der Waals surface area contributed by atoms with E-state index < -0.39 is 0 Å². The second kappa shape index (κ2) is 4.70. The lowest BCUT2D eigenvalue weighted by atomic mass is 10.1. The van der Waals surface area contributed by atoms with Crippen molar-refractivity contribution in [3.05, 3.63) is 69.8 Å². The van der Waals surface area contributed by atoms with Crippen molar-refractivity contribution >= 4 is 11.4 Å². The molecule has 0 saturated carbocycles. The van der Waals surface area contributed by atoms with Crippen LogP contribution in [-0.2, 0) is 6.54 Å². The molecule has 2 N–H and O–H groups in total. The molecule has 0 saturated heterocycles. The molecule has 2 aromatic carbocycles. The van der Waals surface area contributed by atoms with Crippen molar-refractivity contribution in [3.63, 3.8) is 0 Å². The number of nitro benzene ring substituents is 1. The van der Waals surface area contributed by atoms with Gasteiger partial charge in [0.2, 0.25) is 0 Å². The van der Waals surface area contributed by atoms with Crippen molar-refractivity contribution < 1.29 is 4.92 Å². The Morgan fingerprint density at radius 2 is 1.84 bits per heavy atom. The molecule has 0 aliphatic carbocycles. The van der Waals surface area contributed by atoms with Crippen LogP contribution in [-0.4, -0.2) is 4.92 Å². The number of anilines is 1. The lowest BCUT2D eigenvalue weighted by Gasteiger charge is -2.28. The van der Waals surface area contributed by atoms with Crippen molar-refractivity contribution in [2.45, 2.75) is 12.7 Å². The highest BCUT2D eigenvalue weighted by Crippen LogP contribution is 2.30. The molecule has 1 aliphatic rings. The van der Waals surface area contributed by atoms with E-state index in [-0.39, 0.29) is 16.8 Å². The third-order valence-corrected chi connectivity index (χ3v) is 3.26. The highest BCUT2D eigenvalue weighted by atomic mass is 16.6. The smallest absolute Gasteiger partial charge is 0.276 e. The number of hydrogen-bond acceptors (Lipinski definition) is 4. The van der Waals surface area contributed by atoms with Crippen LogP contribution in [0, 0.1) is 10.1 Å². The van der Waals surface area contributed by atoms with Crippen molar-refractivity contribution in [1.29, 1.82) is 0 Å². The minimum Gasteiger partial charge on any atom is -0.366 e. The van der Waals surface area contributed by atoms with Gasteiger partial charge in [-0.15, -0.1) is 0 Å². The third-order valence-electron chi connectivity index (χ3n) is 3.26. The average molecular weight is 255 g/mol. The second-order valence-corrected chi connectivity index (χ2v) is 4.43. The largest absolute Gasteiger partial charge is 0.366 e. The minimum absolute atomic E-state index is 0.131. The predicted octanol–water partition coefficient (Wildman–Crippen LogP) is 2.81. The summed E-state index contributed by atoms with van der Waals surface area (Å²) in [5.74, 6) is 0. The Hall–Kier alpha value is -2.40. The molecule has 0 aromatic heterocycles. The fourth-order valence-corrected chi connectivity index (χ4v) is 2.32. The molecule has 0 radical (unpaired) electrons. The Kier molecular flexibility index (Phi) is 2.89. The fourth-order valence-electron chi connectivity index (χ4n) is 2.32. The highest BCUT2D eigenvalue weighted by Gasteiger charge is 2.24. The Morgan fingerprint density at radius 3 is 2.68 bits per heavy atom. The maximum atomic E-state index is 11.1. The quantitative estimate of drug-likeness (QED) is 0.639. The van der Waals surface area contributed by atoms with E-state index in [4.69, 9.17) is 0 Å². The number of fused-ring (bicyclic) bond motifs is 1. The van der Waals surface area contributed by atoms with Gasteiger partial charge < -0.3 is 5.32 Å². The Morgan fingerprint density at radius 1 is 1.11 bits per heavy atom. The highest BCUT2D eigenvalue weighted by molar-refractivity contribution is 5.56. The van der Waals surface area contributed by atoms with Gasteiger partial charge in [0.15, 0.2) is 0 Å². The summed E-state index contributed by atoms with van der Waals surface area (Å²) in [5.41, 5.74) is 2.97. The van der Waals surface area contributed by atoms with Crippen molar-refractivity contribution in [1.82, 2.24) is 5.32 Å². The SMILES string of the molecule is O=[N+]([O-])c1ccccc1[C@H]1NCc2ccccc2N1. The van der Waals surface area contributed by atoms with Crippen molar-refractivity contribution in [3.8, 4) is 0 Å². The predicted molar refractivity (Wildman–Crippen MR) is 72.7 cm³/mol. The first-order valence-corrected chi connectivity index (χ1v) is 6.07. The Labute approximate surface area is 110 Å². The number of nitrogens with zero attached hydrogens (tertiary/aromatic N) is 1.